The molecule has 4 heteroatoms. The molecule has 0 spiro atoms. The van der Waals surface area contributed by atoms with Gasteiger partial charge in [-0.1, -0.05) is 13.8 Å². The van der Waals surface area contributed by atoms with Gasteiger partial charge in [-0.25, -0.2) is 0 Å². The fourth-order valence-corrected chi connectivity index (χ4v) is 1.65. The van der Waals surface area contributed by atoms with Gasteiger partial charge in [-0.15, -0.1) is 0 Å². The van der Waals surface area contributed by atoms with Gasteiger partial charge in [0.1, 0.15) is 0 Å². The molecule has 2 N–H and O–H groups in total. The first-order valence-corrected chi connectivity index (χ1v) is 5.87. The Morgan fingerprint density at radius 1 is 1.44 bits per heavy atom. The number of hydrogen-bond donors (Lipinski definition) is 2. The van der Waals surface area contributed by atoms with Crippen molar-refractivity contribution >= 4 is 5.91 Å². The van der Waals surface area contributed by atoms with Crippen LogP contribution < -0.4 is 5.32 Å². The number of carbonyl (C=O) groups excluding carboxylic acids is 1. The molecule has 4 nitrogen and oxygen atoms in total. The Bertz CT molecular complexity index is 213. The number of nitrogens with zero attached hydrogens (tertiary/aromatic N) is 1. The number of aliphatic hydroxyl groups is 1. The van der Waals surface area contributed by atoms with E-state index in [1.165, 1.54) is 0 Å². The van der Waals surface area contributed by atoms with E-state index in [4.69, 9.17) is 0 Å². The highest BCUT2D eigenvalue weighted by Crippen LogP contribution is 2.14. The Balaban J connectivity index is 3.81. The largest absolute Gasteiger partial charge is 0.388 e. The summed E-state index contributed by atoms with van der Waals surface area (Å²) >= 11 is 0. The Morgan fingerprint density at radius 3 is 2.44 bits per heavy atom. The molecule has 0 aromatic rings. The lowest BCUT2D eigenvalue weighted by molar-refractivity contribution is -0.122. The molecule has 0 aliphatic carbocycles. The fraction of sp³-hybridized carbons (Fsp3) is 0.917. The summed E-state index contributed by atoms with van der Waals surface area (Å²) in [7, 11) is 3.87. The number of amides is 1. The van der Waals surface area contributed by atoms with E-state index in [0.29, 0.717) is 25.3 Å². The highest BCUT2D eigenvalue weighted by atomic mass is 16.3. The third-order valence-corrected chi connectivity index (χ3v) is 2.30. The van der Waals surface area contributed by atoms with Crippen molar-refractivity contribution < 1.29 is 9.90 Å². The lowest BCUT2D eigenvalue weighted by Gasteiger charge is -2.25. The zero-order valence-electron chi connectivity index (χ0n) is 11.2. The molecule has 0 bridgehead atoms. The minimum Gasteiger partial charge on any atom is -0.388 e. The SMILES string of the molecule is CC(C)CC(C)(O)CNC(=O)CCN(C)C. The van der Waals surface area contributed by atoms with E-state index in [9.17, 15) is 9.90 Å². The maximum absolute atomic E-state index is 11.4. The summed E-state index contributed by atoms with van der Waals surface area (Å²) in [5, 5.41) is 12.8. The molecular formula is C12H26N2O2. The highest BCUT2D eigenvalue weighted by Gasteiger charge is 2.22. The number of rotatable bonds is 7. The molecule has 0 saturated heterocycles. The second-order valence-electron chi connectivity index (χ2n) is 5.42. The predicted octanol–water partition coefficient (Wildman–Crippen LogP) is 0.851. The second kappa shape index (κ2) is 6.86. The van der Waals surface area contributed by atoms with E-state index in [1.807, 2.05) is 19.0 Å². The van der Waals surface area contributed by atoms with Crippen LogP contribution in [-0.4, -0.2) is 48.7 Å². The van der Waals surface area contributed by atoms with Crippen LogP contribution in [0, 0.1) is 5.92 Å². The van der Waals surface area contributed by atoms with Crippen molar-refractivity contribution in [1.82, 2.24) is 10.2 Å². The Labute approximate surface area is 99.0 Å². The van der Waals surface area contributed by atoms with E-state index < -0.39 is 5.60 Å². The minimum atomic E-state index is -0.804. The van der Waals surface area contributed by atoms with Gasteiger partial charge in [0, 0.05) is 19.5 Å². The second-order valence-corrected chi connectivity index (χ2v) is 5.42. The first-order valence-electron chi connectivity index (χ1n) is 5.87. The molecule has 96 valence electrons. The third kappa shape index (κ3) is 8.68. The van der Waals surface area contributed by atoms with Crippen molar-refractivity contribution in [2.75, 3.05) is 27.2 Å². The third-order valence-electron chi connectivity index (χ3n) is 2.30. The average Bonchev–Trinajstić information content (AvgIpc) is 2.09. The fourth-order valence-electron chi connectivity index (χ4n) is 1.65. The molecule has 0 radical (unpaired) electrons. The van der Waals surface area contributed by atoms with Crippen molar-refractivity contribution in [2.24, 2.45) is 5.92 Å². The van der Waals surface area contributed by atoms with Crippen molar-refractivity contribution in [3.8, 4) is 0 Å². The molecule has 1 amide bonds. The number of nitrogens with one attached hydrogen (secondary N) is 1. The Morgan fingerprint density at radius 2 is 2.00 bits per heavy atom. The summed E-state index contributed by atoms with van der Waals surface area (Å²) < 4.78 is 0. The average molecular weight is 230 g/mol. The van der Waals surface area contributed by atoms with E-state index >= 15 is 0 Å². The normalized spacial score (nSPS) is 15.2. The summed E-state index contributed by atoms with van der Waals surface area (Å²) in [5.74, 6) is 0.423. The van der Waals surface area contributed by atoms with Crippen LogP contribution in [0.5, 0.6) is 0 Å². The number of hydrogen-bond acceptors (Lipinski definition) is 3. The van der Waals surface area contributed by atoms with Crippen molar-refractivity contribution in [3.63, 3.8) is 0 Å². The molecular weight excluding hydrogens is 204 g/mol. The maximum Gasteiger partial charge on any atom is 0.221 e. The summed E-state index contributed by atoms with van der Waals surface area (Å²) in [6, 6.07) is 0. The molecule has 1 unspecified atom stereocenters. The molecule has 0 aliphatic heterocycles. The molecule has 0 aromatic carbocycles. The lowest BCUT2D eigenvalue weighted by atomic mass is 9.94. The molecule has 0 fully saturated rings. The van der Waals surface area contributed by atoms with Crippen LogP contribution in [0.15, 0.2) is 0 Å². The van der Waals surface area contributed by atoms with Gasteiger partial charge in [0.15, 0.2) is 0 Å². The molecule has 1 atom stereocenters. The smallest absolute Gasteiger partial charge is 0.221 e. The van der Waals surface area contributed by atoms with Gasteiger partial charge in [0.25, 0.3) is 0 Å². The summed E-state index contributed by atoms with van der Waals surface area (Å²) in [6.45, 7) is 6.94. The first-order chi connectivity index (χ1) is 7.23. The van der Waals surface area contributed by atoms with Crippen molar-refractivity contribution in [2.45, 2.75) is 39.2 Å². The quantitative estimate of drug-likeness (QED) is 0.682. The van der Waals surface area contributed by atoms with Crippen molar-refractivity contribution in [1.29, 1.82) is 0 Å². The first kappa shape index (κ1) is 15.4. The lowest BCUT2D eigenvalue weighted by Crippen LogP contribution is -2.42. The van der Waals surface area contributed by atoms with E-state index in [0.717, 1.165) is 6.54 Å². The van der Waals surface area contributed by atoms with Crippen LogP contribution in [0.3, 0.4) is 0 Å². The van der Waals surface area contributed by atoms with Gasteiger partial charge in [0.2, 0.25) is 5.91 Å². The minimum absolute atomic E-state index is 0.00210. The van der Waals surface area contributed by atoms with Crippen LogP contribution in [0.4, 0.5) is 0 Å². The topological polar surface area (TPSA) is 52.6 Å². The zero-order chi connectivity index (χ0) is 12.8. The van der Waals surface area contributed by atoms with Gasteiger partial charge in [-0.3, -0.25) is 4.79 Å². The van der Waals surface area contributed by atoms with Crippen LogP contribution >= 0.6 is 0 Å². The molecule has 16 heavy (non-hydrogen) atoms. The van der Waals surface area contributed by atoms with Crippen LogP contribution in [-0.2, 0) is 4.79 Å². The van der Waals surface area contributed by atoms with Crippen LogP contribution in [0.2, 0.25) is 0 Å². The summed E-state index contributed by atoms with van der Waals surface area (Å²) in [4.78, 5) is 13.4. The zero-order valence-corrected chi connectivity index (χ0v) is 11.2. The van der Waals surface area contributed by atoms with E-state index in [1.54, 1.807) is 6.92 Å². The Kier molecular flexibility index (Phi) is 6.60. The molecule has 0 aliphatic rings. The van der Waals surface area contributed by atoms with Gasteiger partial charge >= 0.3 is 0 Å². The van der Waals surface area contributed by atoms with Crippen LogP contribution in [0.25, 0.3) is 0 Å². The predicted molar refractivity (Wildman–Crippen MR) is 66.3 cm³/mol. The van der Waals surface area contributed by atoms with Gasteiger partial charge in [0.05, 0.1) is 5.60 Å². The van der Waals surface area contributed by atoms with Gasteiger partial charge in [-0.05, 0) is 33.4 Å². The number of carbonyl (C=O) groups is 1. The van der Waals surface area contributed by atoms with Crippen LogP contribution in [0.1, 0.15) is 33.6 Å². The van der Waals surface area contributed by atoms with Crippen molar-refractivity contribution in [3.05, 3.63) is 0 Å². The maximum atomic E-state index is 11.4. The molecule has 0 rings (SSSR count). The molecule has 0 heterocycles. The molecule has 0 saturated carbocycles. The Hall–Kier alpha value is -0.610. The standard InChI is InChI=1S/C12H26N2O2/c1-10(2)8-12(3,16)9-13-11(15)6-7-14(4)5/h10,16H,6-9H2,1-5H3,(H,13,15). The monoisotopic (exact) mass is 230 g/mol. The van der Waals surface area contributed by atoms with E-state index in [-0.39, 0.29) is 5.91 Å². The molecule has 0 aromatic heterocycles. The summed E-state index contributed by atoms with van der Waals surface area (Å²) in [5.41, 5.74) is -0.804. The summed E-state index contributed by atoms with van der Waals surface area (Å²) in [6.07, 6.45) is 1.17. The van der Waals surface area contributed by atoms with Gasteiger partial charge in [-0.2, -0.15) is 0 Å². The highest BCUT2D eigenvalue weighted by molar-refractivity contribution is 5.76. The van der Waals surface area contributed by atoms with Gasteiger partial charge < -0.3 is 15.3 Å². The van der Waals surface area contributed by atoms with E-state index in [2.05, 4.69) is 19.2 Å².